The van der Waals surface area contributed by atoms with Crippen LogP contribution in [0.5, 0.6) is 0 Å². The van der Waals surface area contributed by atoms with Crippen molar-refractivity contribution >= 4 is 6.29 Å². The standard InChI is InChI=1S/C26H33NO4/c1-3-16-12-17(14-27)24-19(6-8-25(2)22(24)4-5-23(25)29)18-7-9-26(30-10-11-31-26)13-20(16)21(18)15-28/h3,6,12,15,18,22-23,29H,1,4-5,7-11,13-14,27H2,2H3/t18?,22?,23?,25-/m0/s1. The Labute approximate surface area is 184 Å². The van der Waals surface area contributed by atoms with Gasteiger partial charge < -0.3 is 20.3 Å². The van der Waals surface area contributed by atoms with Crippen LogP contribution < -0.4 is 5.73 Å². The molecule has 2 fully saturated rings. The second-order valence-corrected chi connectivity index (χ2v) is 9.89. The normalized spacial score (nSPS) is 36.8. The van der Waals surface area contributed by atoms with Crippen LogP contribution in [0.4, 0.5) is 0 Å². The lowest BCUT2D eigenvalue weighted by molar-refractivity contribution is -0.160. The van der Waals surface area contributed by atoms with E-state index >= 15 is 0 Å². The highest BCUT2D eigenvalue weighted by atomic mass is 16.7. The summed E-state index contributed by atoms with van der Waals surface area (Å²) in [5, 5.41) is 10.8. The van der Waals surface area contributed by atoms with Crippen LogP contribution in [0, 0.1) is 17.3 Å². The zero-order chi connectivity index (χ0) is 21.8. The van der Waals surface area contributed by atoms with Gasteiger partial charge in [0.25, 0.3) is 0 Å². The van der Waals surface area contributed by atoms with E-state index < -0.39 is 5.79 Å². The lowest BCUT2D eigenvalue weighted by Crippen LogP contribution is -2.38. The molecule has 0 aromatic carbocycles. The van der Waals surface area contributed by atoms with Gasteiger partial charge in [0.15, 0.2) is 5.79 Å². The van der Waals surface area contributed by atoms with Crippen molar-refractivity contribution in [3.05, 3.63) is 58.2 Å². The lowest BCUT2D eigenvalue weighted by atomic mass is 9.62. The van der Waals surface area contributed by atoms with E-state index in [-0.39, 0.29) is 23.4 Å². The topological polar surface area (TPSA) is 81.8 Å². The molecule has 31 heavy (non-hydrogen) atoms. The van der Waals surface area contributed by atoms with Gasteiger partial charge in [0.1, 0.15) is 6.29 Å². The van der Waals surface area contributed by atoms with Gasteiger partial charge in [0.2, 0.25) is 0 Å². The first-order valence-electron chi connectivity index (χ1n) is 11.6. The van der Waals surface area contributed by atoms with E-state index in [1.807, 2.05) is 6.08 Å². The summed E-state index contributed by atoms with van der Waals surface area (Å²) in [6.45, 7) is 7.85. The molecule has 1 saturated heterocycles. The van der Waals surface area contributed by atoms with E-state index in [9.17, 15) is 9.90 Å². The van der Waals surface area contributed by atoms with E-state index in [0.29, 0.717) is 26.2 Å². The third-order valence-corrected chi connectivity index (χ3v) is 8.47. The van der Waals surface area contributed by atoms with Crippen molar-refractivity contribution in [3.63, 3.8) is 0 Å². The minimum absolute atomic E-state index is 0.0119. The van der Waals surface area contributed by atoms with Gasteiger partial charge in [-0.1, -0.05) is 25.7 Å². The molecule has 3 N–H and O–H groups in total. The van der Waals surface area contributed by atoms with Gasteiger partial charge in [0, 0.05) is 36.3 Å². The summed E-state index contributed by atoms with van der Waals surface area (Å²) in [7, 11) is 0. The van der Waals surface area contributed by atoms with Crippen molar-refractivity contribution in [2.45, 2.75) is 57.3 Å². The number of fused-ring (bicyclic) bond motifs is 5. The average molecular weight is 424 g/mol. The number of nitrogens with two attached hydrogens (primary N) is 1. The average Bonchev–Trinajstić information content (AvgIpc) is 3.29. The zero-order valence-electron chi connectivity index (χ0n) is 18.4. The lowest BCUT2D eigenvalue weighted by Gasteiger charge is -2.43. The number of hydrogen-bond acceptors (Lipinski definition) is 5. The number of aliphatic hydroxyl groups is 1. The maximum absolute atomic E-state index is 12.5. The van der Waals surface area contributed by atoms with E-state index in [0.717, 1.165) is 60.7 Å². The van der Waals surface area contributed by atoms with Gasteiger partial charge in [-0.2, -0.15) is 0 Å². The SMILES string of the molecule is C=CC1=CC(CN)=C2C(=CC[C@]3(C)C(O)CCC23)C2CCC3(CC1=C2C=O)OCCO3. The Balaban J connectivity index is 1.73. The summed E-state index contributed by atoms with van der Waals surface area (Å²) in [5.41, 5.74) is 12.4. The summed E-state index contributed by atoms with van der Waals surface area (Å²) < 4.78 is 12.2. The Hall–Kier alpha value is -1.79. The number of ether oxygens (including phenoxy) is 2. The largest absolute Gasteiger partial charge is 0.393 e. The van der Waals surface area contributed by atoms with Crippen LogP contribution >= 0.6 is 0 Å². The maximum Gasteiger partial charge on any atom is 0.172 e. The summed E-state index contributed by atoms with van der Waals surface area (Å²) in [5.74, 6) is -0.433. The van der Waals surface area contributed by atoms with Crippen LogP contribution in [0.2, 0.25) is 0 Å². The van der Waals surface area contributed by atoms with E-state index in [4.69, 9.17) is 15.2 Å². The summed E-state index contributed by atoms with van der Waals surface area (Å²) in [4.78, 5) is 12.5. The molecule has 1 heterocycles. The van der Waals surface area contributed by atoms with Gasteiger partial charge in [-0.3, -0.25) is 4.79 Å². The molecule has 0 amide bonds. The van der Waals surface area contributed by atoms with Crippen molar-refractivity contribution < 1.29 is 19.4 Å². The number of aldehydes is 1. The molecule has 5 nitrogen and oxygen atoms in total. The van der Waals surface area contributed by atoms with Gasteiger partial charge >= 0.3 is 0 Å². The second-order valence-electron chi connectivity index (χ2n) is 9.89. The molecule has 4 aliphatic carbocycles. The molecule has 0 aromatic rings. The minimum Gasteiger partial charge on any atom is -0.393 e. The zero-order valence-corrected chi connectivity index (χ0v) is 18.4. The highest BCUT2D eigenvalue weighted by molar-refractivity contribution is 5.81. The predicted octanol–water partition coefficient (Wildman–Crippen LogP) is 3.51. The molecule has 0 aromatic heterocycles. The van der Waals surface area contributed by atoms with E-state index in [1.165, 1.54) is 11.1 Å². The molecule has 5 heteroatoms. The first kappa shape index (κ1) is 21.1. The molecule has 5 rings (SSSR count). The molecule has 4 atom stereocenters. The number of carbonyl (C=O) groups excluding carboxylic acids is 1. The number of aliphatic hydroxyl groups excluding tert-OH is 1. The molecular weight excluding hydrogens is 390 g/mol. The molecule has 2 bridgehead atoms. The Bertz CT molecular complexity index is 933. The number of carbonyl (C=O) groups is 1. The smallest absolute Gasteiger partial charge is 0.172 e. The fourth-order valence-corrected chi connectivity index (χ4v) is 6.73. The van der Waals surface area contributed by atoms with Crippen LogP contribution in [0.3, 0.4) is 0 Å². The predicted molar refractivity (Wildman–Crippen MR) is 119 cm³/mol. The Morgan fingerprint density at radius 1 is 1.29 bits per heavy atom. The molecule has 166 valence electrons. The minimum atomic E-state index is -0.666. The van der Waals surface area contributed by atoms with Gasteiger partial charge in [-0.15, -0.1) is 0 Å². The molecule has 1 saturated carbocycles. The summed E-state index contributed by atoms with van der Waals surface area (Å²) in [6.07, 6.45) is 11.6. The van der Waals surface area contributed by atoms with Crippen LogP contribution in [0.25, 0.3) is 0 Å². The van der Waals surface area contributed by atoms with Crippen molar-refractivity contribution in [3.8, 4) is 0 Å². The molecule has 1 aliphatic heterocycles. The van der Waals surface area contributed by atoms with Gasteiger partial charge in [-0.05, 0) is 65.5 Å². The van der Waals surface area contributed by atoms with Crippen LogP contribution in [-0.2, 0) is 14.3 Å². The fraction of sp³-hybridized carbons (Fsp3) is 0.577. The molecule has 1 spiro atoms. The fourth-order valence-electron chi connectivity index (χ4n) is 6.73. The van der Waals surface area contributed by atoms with E-state index in [2.05, 4.69) is 25.7 Å². The Morgan fingerprint density at radius 2 is 2.06 bits per heavy atom. The van der Waals surface area contributed by atoms with Gasteiger partial charge in [0.05, 0.1) is 19.3 Å². The number of hydrogen-bond donors (Lipinski definition) is 2. The highest BCUT2D eigenvalue weighted by Crippen LogP contribution is 2.58. The van der Waals surface area contributed by atoms with Crippen molar-refractivity contribution in [2.75, 3.05) is 19.8 Å². The number of rotatable bonds is 3. The number of allylic oxidation sites excluding steroid dienone is 6. The summed E-state index contributed by atoms with van der Waals surface area (Å²) >= 11 is 0. The highest BCUT2D eigenvalue weighted by Gasteiger charge is 2.52. The van der Waals surface area contributed by atoms with Crippen LogP contribution in [0.1, 0.15) is 45.4 Å². The Morgan fingerprint density at radius 3 is 2.74 bits per heavy atom. The van der Waals surface area contributed by atoms with E-state index in [1.54, 1.807) is 0 Å². The molecule has 0 radical (unpaired) electrons. The van der Waals surface area contributed by atoms with Crippen molar-refractivity contribution in [1.82, 2.24) is 0 Å². The van der Waals surface area contributed by atoms with Crippen LogP contribution in [0.15, 0.2) is 58.2 Å². The van der Waals surface area contributed by atoms with Gasteiger partial charge in [-0.25, -0.2) is 0 Å². The van der Waals surface area contributed by atoms with Crippen LogP contribution in [-0.4, -0.2) is 43.0 Å². The molecule has 3 unspecified atom stereocenters. The van der Waals surface area contributed by atoms with Crippen molar-refractivity contribution in [1.29, 1.82) is 0 Å². The quantitative estimate of drug-likeness (QED) is 0.679. The molecule has 5 aliphatic rings. The third-order valence-electron chi connectivity index (χ3n) is 8.47. The summed E-state index contributed by atoms with van der Waals surface area (Å²) in [6, 6.07) is 0. The Kier molecular flexibility index (Phi) is 5.21. The first-order valence-corrected chi connectivity index (χ1v) is 11.6. The third kappa shape index (κ3) is 3.09. The molecular formula is C26H33NO4. The second kappa shape index (κ2) is 7.66. The first-order chi connectivity index (χ1) is 15.0. The monoisotopic (exact) mass is 423 g/mol. The van der Waals surface area contributed by atoms with Crippen molar-refractivity contribution in [2.24, 2.45) is 23.0 Å². The maximum atomic E-state index is 12.5.